The largest absolute Gasteiger partial charge is 0.497 e. The van der Waals surface area contributed by atoms with E-state index in [1.807, 2.05) is 19.2 Å². The molecular formula is C13H16ClNO3. The number of benzene rings is 1. The van der Waals surface area contributed by atoms with Crippen molar-refractivity contribution in [2.75, 3.05) is 14.2 Å². The number of hydrogen-bond acceptors (Lipinski definition) is 3. The van der Waals surface area contributed by atoms with Crippen LogP contribution in [0.5, 0.6) is 5.75 Å². The summed E-state index contributed by atoms with van der Waals surface area (Å²) >= 11 is 6.21. The number of carboxylic acids is 1. The summed E-state index contributed by atoms with van der Waals surface area (Å²) in [6, 6.07) is 5.45. The lowest BCUT2D eigenvalue weighted by molar-refractivity contribution is -0.138. The number of carboxylic acid groups (broad SMARTS) is 1. The molecule has 98 valence electrons. The van der Waals surface area contributed by atoms with Crippen LogP contribution in [0.3, 0.4) is 0 Å². The van der Waals surface area contributed by atoms with Crippen molar-refractivity contribution < 1.29 is 14.6 Å². The number of rotatable bonds is 5. The fraction of sp³-hybridized carbons (Fsp3) is 0.462. The van der Waals surface area contributed by atoms with Crippen molar-refractivity contribution >= 4 is 17.6 Å². The lowest BCUT2D eigenvalue weighted by Gasteiger charge is -2.18. The van der Waals surface area contributed by atoms with Gasteiger partial charge in [0.1, 0.15) is 5.75 Å². The molecule has 2 N–H and O–H groups in total. The Hall–Kier alpha value is -1.26. The standard InChI is InChI=1S/C13H16ClNO3/c1-15-12(9-6-10(9)13(16)17)8-4-3-7(18-2)5-11(8)14/h3-5,9-10,12,15H,6H2,1-2H3,(H,16,17). The predicted octanol–water partition coefficient (Wildman–Crippen LogP) is 2.33. The lowest BCUT2D eigenvalue weighted by atomic mass is 10.0. The Morgan fingerprint density at radius 2 is 2.33 bits per heavy atom. The first-order chi connectivity index (χ1) is 8.58. The van der Waals surface area contributed by atoms with Gasteiger partial charge in [0, 0.05) is 11.1 Å². The SMILES string of the molecule is CNC(c1ccc(OC)cc1Cl)C1CC1C(=O)O. The van der Waals surface area contributed by atoms with E-state index in [0.717, 1.165) is 5.56 Å². The van der Waals surface area contributed by atoms with Gasteiger partial charge in [0.05, 0.1) is 13.0 Å². The van der Waals surface area contributed by atoms with Gasteiger partial charge in [0.15, 0.2) is 0 Å². The van der Waals surface area contributed by atoms with Crippen molar-refractivity contribution in [3.63, 3.8) is 0 Å². The first kappa shape index (κ1) is 13.2. The molecule has 1 aliphatic rings. The molecule has 0 amide bonds. The molecule has 1 saturated carbocycles. The van der Waals surface area contributed by atoms with Crippen molar-refractivity contribution in [2.45, 2.75) is 12.5 Å². The van der Waals surface area contributed by atoms with E-state index < -0.39 is 5.97 Å². The third-order valence-corrected chi connectivity index (χ3v) is 3.77. The van der Waals surface area contributed by atoms with Gasteiger partial charge in [-0.3, -0.25) is 4.79 Å². The Morgan fingerprint density at radius 1 is 1.61 bits per heavy atom. The normalized spacial score (nSPS) is 23.5. The molecule has 0 radical (unpaired) electrons. The fourth-order valence-electron chi connectivity index (χ4n) is 2.35. The first-order valence-corrected chi connectivity index (χ1v) is 6.19. The van der Waals surface area contributed by atoms with Crippen LogP contribution in [0.25, 0.3) is 0 Å². The van der Waals surface area contributed by atoms with Crippen molar-refractivity contribution in [1.29, 1.82) is 0 Å². The molecule has 0 aliphatic heterocycles. The summed E-state index contributed by atoms with van der Waals surface area (Å²) < 4.78 is 5.10. The molecule has 1 aromatic carbocycles. The van der Waals surface area contributed by atoms with Crippen LogP contribution in [0.1, 0.15) is 18.0 Å². The maximum absolute atomic E-state index is 10.9. The molecule has 1 fully saturated rings. The molecule has 3 atom stereocenters. The third kappa shape index (κ3) is 2.44. The van der Waals surface area contributed by atoms with E-state index in [1.165, 1.54) is 0 Å². The zero-order chi connectivity index (χ0) is 13.3. The van der Waals surface area contributed by atoms with Crippen molar-refractivity contribution in [2.24, 2.45) is 11.8 Å². The molecular weight excluding hydrogens is 254 g/mol. The minimum Gasteiger partial charge on any atom is -0.497 e. The Kier molecular flexibility index (Phi) is 3.78. The van der Waals surface area contributed by atoms with Crippen LogP contribution in [-0.2, 0) is 4.79 Å². The number of hydrogen-bond donors (Lipinski definition) is 2. The molecule has 1 aliphatic carbocycles. The fourth-order valence-corrected chi connectivity index (χ4v) is 2.64. The Morgan fingerprint density at radius 3 is 2.78 bits per heavy atom. The summed E-state index contributed by atoms with van der Waals surface area (Å²) in [7, 11) is 3.41. The molecule has 1 aromatic rings. The smallest absolute Gasteiger partial charge is 0.306 e. The van der Waals surface area contributed by atoms with E-state index in [2.05, 4.69) is 5.32 Å². The second-order valence-electron chi connectivity index (χ2n) is 4.50. The topological polar surface area (TPSA) is 58.6 Å². The highest BCUT2D eigenvalue weighted by Crippen LogP contribution is 2.48. The Bertz CT molecular complexity index is 464. The van der Waals surface area contributed by atoms with Gasteiger partial charge in [0.25, 0.3) is 0 Å². The van der Waals surface area contributed by atoms with Crippen molar-refractivity contribution in [1.82, 2.24) is 5.32 Å². The average Bonchev–Trinajstić information content (AvgIpc) is 3.12. The van der Waals surface area contributed by atoms with E-state index in [4.69, 9.17) is 21.4 Å². The monoisotopic (exact) mass is 269 g/mol. The molecule has 0 heterocycles. The minimum absolute atomic E-state index is 0.0236. The average molecular weight is 270 g/mol. The van der Waals surface area contributed by atoms with E-state index >= 15 is 0 Å². The second kappa shape index (κ2) is 5.16. The first-order valence-electron chi connectivity index (χ1n) is 5.82. The highest BCUT2D eigenvalue weighted by atomic mass is 35.5. The van der Waals surface area contributed by atoms with Gasteiger partial charge in [-0.2, -0.15) is 0 Å². The van der Waals surface area contributed by atoms with Gasteiger partial charge >= 0.3 is 5.97 Å². The number of ether oxygens (including phenoxy) is 1. The van der Waals surface area contributed by atoms with E-state index in [-0.39, 0.29) is 17.9 Å². The van der Waals surface area contributed by atoms with E-state index in [1.54, 1.807) is 13.2 Å². The summed E-state index contributed by atoms with van der Waals surface area (Å²) in [5, 5.41) is 12.7. The van der Waals surface area contributed by atoms with Crippen LogP contribution in [0.2, 0.25) is 5.02 Å². The molecule has 3 unspecified atom stereocenters. The molecule has 18 heavy (non-hydrogen) atoms. The lowest BCUT2D eigenvalue weighted by Crippen LogP contribution is -2.21. The molecule has 4 nitrogen and oxygen atoms in total. The number of nitrogens with one attached hydrogen (secondary N) is 1. The Balaban J connectivity index is 2.21. The highest BCUT2D eigenvalue weighted by Gasteiger charge is 2.48. The van der Waals surface area contributed by atoms with Gasteiger partial charge in [-0.25, -0.2) is 0 Å². The van der Waals surface area contributed by atoms with Crippen LogP contribution in [0, 0.1) is 11.8 Å². The number of methoxy groups -OCH3 is 1. The molecule has 5 heteroatoms. The van der Waals surface area contributed by atoms with E-state index in [0.29, 0.717) is 17.2 Å². The zero-order valence-corrected chi connectivity index (χ0v) is 11.1. The van der Waals surface area contributed by atoms with Gasteiger partial charge in [-0.05, 0) is 37.1 Å². The minimum atomic E-state index is -0.732. The van der Waals surface area contributed by atoms with E-state index in [9.17, 15) is 4.79 Å². The number of aliphatic carboxylic acids is 1. The molecule has 2 rings (SSSR count). The van der Waals surface area contributed by atoms with Crippen molar-refractivity contribution in [3.05, 3.63) is 28.8 Å². The molecule has 0 saturated heterocycles. The maximum Gasteiger partial charge on any atom is 0.306 e. The summed E-state index contributed by atoms with van der Waals surface area (Å²) in [6.45, 7) is 0. The van der Waals surface area contributed by atoms with Crippen molar-refractivity contribution in [3.8, 4) is 5.75 Å². The van der Waals surface area contributed by atoms with Crippen LogP contribution in [0.4, 0.5) is 0 Å². The Labute approximate surface area is 111 Å². The predicted molar refractivity (Wildman–Crippen MR) is 69.0 cm³/mol. The van der Waals surface area contributed by atoms with Crippen LogP contribution < -0.4 is 10.1 Å². The number of halogens is 1. The quantitative estimate of drug-likeness (QED) is 0.861. The zero-order valence-electron chi connectivity index (χ0n) is 10.3. The summed E-state index contributed by atoms with van der Waals surface area (Å²) in [6.07, 6.45) is 0.698. The summed E-state index contributed by atoms with van der Waals surface area (Å²) in [5.74, 6) is -0.187. The second-order valence-corrected chi connectivity index (χ2v) is 4.91. The van der Waals surface area contributed by atoms with Gasteiger partial charge < -0.3 is 15.2 Å². The molecule has 0 spiro atoms. The highest BCUT2D eigenvalue weighted by molar-refractivity contribution is 6.31. The van der Waals surface area contributed by atoms with Crippen LogP contribution in [-0.4, -0.2) is 25.2 Å². The van der Waals surface area contributed by atoms with Crippen LogP contribution >= 0.6 is 11.6 Å². The third-order valence-electron chi connectivity index (χ3n) is 3.44. The maximum atomic E-state index is 10.9. The van der Waals surface area contributed by atoms with Gasteiger partial charge in [-0.1, -0.05) is 17.7 Å². The number of carbonyl (C=O) groups is 1. The summed E-state index contributed by atoms with van der Waals surface area (Å²) in [5.41, 5.74) is 0.925. The van der Waals surface area contributed by atoms with Crippen LogP contribution in [0.15, 0.2) is 18.2 Å². The molecule has 0 aromatic heterocycles. The summed E-state index contributed by atoms with van der Waals surface area (Å²) in [4.78, 5) is 10.9. The molecule has 0 bridgehead atoms. The van der Waals surface area contributed by atoms with Gasteiger partial charge in [-0.15, -0.1) is 0 Å². The van der Waals surface area contributed by atoms with Gasteiger partial charge in [0.2, 0.25) is 0 Å².